The smallest absolute Gasteiger partial charge is 0.236 e. The predicted octanol–water partition coefficient (Wildman–Crippen LogP) is 11.6. The maximum atomic E-state index is 7.16. The predicted molar refractivity (Wildman–Crippen MR) is 211 cm³/mol. The SMILES string of the molecule is CC12C=CC=CC1C1(c3ccccc3Oc3c1ccc1c3c3ccccc3n1-c1nc(-c3ccccc3)c3oc4ccccc4c3n1)c1ccccc12. The molecule has 4 heterocycles. The number of benzene rings is 6. The number of para-hydroxylation sites is 3. The third kappa shape index (κ3) is 3.56. The number of nitrogens with zero attached hydrogens (tertiary/aromatic N) is 3. The molecule has 0 saturated heterocycles. The van der Waals surface area contributed by atoms with Gasteiger partial charge in [0.15, 0.2) is 5.58 Å². The van der Waals surface area contributed by atoms with Crippen LogP contribution in [0, 0.1) is 5.92 Å². The van der Waals surface area contributed by atoms with Crippen LogP contribution in [-0.4, -0.2) is 14.5 Å². The van der Waals surface area contributed by atoms with Crippen molar-refractivity contribution in [1.82, 2.24) is 14.5 Å². The second-order valence-corrected chi connectivity index (χ2v) is 14.7. The third-order valence-corrected chi connectivity index (χ3v) is 12.1. The molecule has 6 aromatic carbocycles. The lowest BCUT2D eigenvalue weighted by Crippen LogP contribution is -2.42. The molecule has 2 aliphatic carbocycles. The van der Waals surface area contributed by atoms with Gasteiger partial charge in [-0.2, -0.15) is 0 Å². The molecule has 0 radical (unpaired) electrons. The van der Waals surface area contributed by atoms with Gasteiger partial charge in [0.05, 0.1) is 21.8 Å². The van der Waals surface area contributed by atoms with Crippen molar-refractivity contribution in [3.05, 3.63) is 186 Å². The van der Waals surface area contributed by atoms with Gasteiger partial charge in [0, 0.05) is 38.8 Å². The molecule has 0 amide bonds. The molecule has 3 aliphatic rings. The van der Waals surface area contributed by atoms with Gasteiger partial charge in [-0.3, -0.25) is 4.57 Å². The van der Waals surface area contributed by atoms with Gasteiger partial charge in [-0.1, -0.05) is 140 Å². The van der Waals surface area contributed by atoms with Gasteiger partial charge in [-0.25, -0.2) is 9.97 Å². The van der Waals surface area contributed by atoms with Crippen LogP contribution in [0.4, 0.5) is 0 Å². The van der Waals surface area contributed by atoms with Crippen LogP contribution in [0.25, 0.3) is 61.1 Å². The van der Waals surface area contributed by atoms with Gasteiger partial charge >= 0.3 is 0 Å². The Labute approximate surface area is 305 Å². The summed E-state index contributed by atoms with van der Waals surface area (Å²) in [6.07, 6.45) is 9.24. The van der Waals surface area contributed by atoms with Gasteiger partial charge in [0.25, 0.3) is 0 Å². The number of rotatable bonds is 2. The quantitative estimate of drug-likeness (QED) is 0.182. The molecule has 5 nitrogen and oxygen atoms in total. The van der Waals surface area contributed by atoms with E-state index in [9.17, 15) is 0 Å². The summed E-state index contributed by atoms with van der Waals surface area (Å²) < 4.78 is 15.8. The van der Waals surface area contributed by atoms with E-state index in [-0.39, 0.29) is 11.3 Å². The number of allylic oxidation sites excluding steroid dienone is 4. The van der Waals surface area contributed by atoms with Crippen molar-refractivity contribution in [3.63, 3.8) is 0 Å². The van der Waals surface area contributed by atoms with E-state index in [1.54, 1.807) is 0 Å². The van der Waals surface area contributed by atoms with Crippen molar-refractivity contribution in [2.75, 3.05) is 0 Å². The van der Waals surface area contributed by atoms with Crippen molar-refractivity contribution in [2.45, 2.75) is 17.8 Å². The monoisotopic (exact) mass is 681 g/mol. The van der Waals surface area contributed by atoms with Crippen LogP contribution >= 0.6 is 0 Å². The van der Waals surface area contributed by atoms with E-state index in [0.717, 1.165) is 61.0 Å². The molecule has 0 N–H and O–H groups in total. The fourth-order valence-corrected chi connectivity index (χ4v) is 9.94. The lowest BCUT2D eigenvalue weighted by atomic mass is 9.59. The molecule has 3 unspecified atom stereocenters. The molecule has 53 heavy (non-hydrogen) atoms. The van der Waals surface area contributed by atoms with E-state index in [1.165, 1.54) is 22.3 Å². The van der Waals surface area contributed by atoms with Gasteiger partial charge in [0.1, 0.15) is 28.3 Å². The molecule has 3 atom stereocenters. The van der Waals surface area contributed by atoms with Crippen molar-refractivity contribution >= 4 is 43.9 Å². The molecule has 0 saturated carbocycles. The second-order valence-electron chi connectivity index (χ2n) is 14.7. The summed E-state index contributed by atoms with van der Waals surface area (Å²) >= 11 is 0. The van der Waals surface area contributed by atoms with Gasteiger partial charge in [-0.15, -0.1) is 0 Å². The summed E-state index contributed by atoms with van der Waals surface area (Å²) in [5, 5.41) is 3.10. The zero-order valence-corrected chi connectivity index (χ0v) is 28.8. The Morgan fingerprint density at radius 2 is 1.36 bits per heavy atom. The number of furan rings is 1. The average Bonchev–Trinajstić information content (AvgIpc) is 3.83. The standard InChI is InChI=1S/C48H31N3O2/c1-47-28-14-13-25-40(47)48(33-20-8-7-19-32(33)47)34-21-9-12-24-39(34)53-44-35(48)26-27-37-41(44)30-17-5-10-22-36(30)51(37)46-49-42(29-15-3-2-4-16-29)45-43(50-46)31-18-6-11-23-38(31)52-45/h2-28,40H,1H3. The molecular weight excluding hydrogens is 651 g/mol. The highest BCUT2D eigenvalue weighted by Crippen LogP contribution is 2.67. The Bertz CT molecular complexity index is 3080. The third-order valence-electron chi connectivity index (χ3n) is 12.1. The summed E-state index contributed by atoms with van der Waals surface area (Å²) in [6, 6.07) is 49.1. The fourth-order valence-electron chi connectivity index (χ4n) is 9.94. The Morgan fingerprint density at radius 3 is 2.25 bits per heavy atom. The van der Waals surface area contributed by atoms with E-state index in [4.69, 9.17) is 19.1 Å². The molecule has 250 valence electrons. The maximum Gasteiger partial charge on any atom is 0.236 e. The summed E-state index contributed by atoms with van der Waals surface area (Å²) in [7, 11) is 0. The largest absolute Gasteiger partial charge is 0.456 e. The van der Waals surface area contributed by atoms with E-state index in [2.05, 4.69) is 139 Å². The Balaban J connectivity index is 1.21. The van der Waals surface area contributed by atoms with Gasteiger partial charge in [0.2, 0.25) is 5.95 Å². The number of ether oxygens (including phenoxy) is 1. The van der Waals surface area contributed by atoms with Crippen LogP contribution in [0.2, 0.25) is 0 Å². The van der Waals surface area contributed by atoms with Crippen molar-refractivity contribution < 1.29 is 9.15 Å². The highest BCUT2D eigenvalue weighted by molar-refractivity contribution is 6.14. The van der Waals surface area contributed by atoms with Crippen LogP contribution in [0.1, 0.15) is 29.2 Å². The molecule has 9 aromatic rings. The molecule has 12 rings (SSSR count). The van der Waals surface area contributed by atoms with E-state index in [0.29, 0.717) is 11.5 Å². The van der Waals surface area contributed by atoms with E-state index >= 15 is 0 Å². The first kappa shape index (κ1) is 28.9. The Morgan fingerprint density at radius 1 is 0.623 bits per heavy atom. The van der Waals surface area contributed by atoms with Crippen LogP contribution < -0.4 is 4.74 Å². The van der Waals surface area contributed by atoms with Crippen molar-refractivity contribution in [3.8, 4) is 28.7 Å². The van der Waals surface area contributed by atoms with E-state index in [1.807, 2.05) is 36.4 Å². The summed E-state index contributed by atoms with van der Waals surface area (Å²) in [4.78, 5) is 10.6. The summed E-state index contributed by atoms with van der Waals surface area (Å²) in [5.41, 5.74) is 10.4. The maximum absolute atomic E-state index is 7.16. The summed E-state index contributed by atoms with van der Waals surface area (Å²) in [6.45, 7) is 2.39. The second kappa shape index (κ2) is 10.2. The fraction of sp³-hybridized carbons (Fsp3) is 0.0833. The zero-order chi connectivity index (χ0) is 34.9. The number of aromatic nitrogens is 3. The molecule has 0 bridgehead atoms. The Hall–Kier alpha value is -6.72. The molecule has 5 heteroatoms. The minimum Gasteiger partial charge on any atom is -0.456 e. The summed E-state index contributed by atoms with van der Waals surface area (Å²) in [5.74, 6) is 2.50. The Kier molecular flexibility index (Phi) is 5.57. The van der Waals surface area contributed by atoms with Crippen molar-refractivity contribution in [2.24, 2.45) is 5.92 Å². The minimum absolute atomic E-state index is 0.139. The van der Waals surface area contributed by atoms with Crippen LogP contribution in [-0.2, 0) is 10.8 Å². The minimum atomic E-state index is -0.472. The number of hydrogen-bond acceptors (Lipinski definition) is 4. The zero-order valence-electron chi connectivity index (χ0n) is 28.8. The first-order chi connectivity index (χ1) is 26.2. The van der Waals surface area contributed by atoms with E-state index < -0.39 is 5.41 Å². The van der Waals surface area contributed by atoms with Gasteiger partial charge < -0.3 is 9.15 Å². The molecular formula is C48H31N3O2. The van der Waals surface area contributed by atoms with Gasteiger partial charge in [-0.05, 0) is 41.5 Å². The first-order valence-electron chi connectivity index (χ1n) is 18.2. The van der Waals surface area contributed by atoms with Crippen LogP contribution in [0.15, 0.2) is 168 Å². The lowest BCUT2D eigenvalue weighted by molar-refractivity contribution is 0.331. The lowest BCUT2D eigenvalue weighted by Gasteiger charge is -2.45. The van der Waals surface area contributed by atoms with Crippen LogP contribution in [0.5, 0.6) is 11.5 Å². The topological polar surface area (TPSA) is 53.1 Å². The highest BCUT2D eigenvalue weighted by Gasteiger charge is 2.61. The molecule has 1 spiro atoms. The van der Waals surface area contributed by atoms with Crippen molar-refractivity contribution in [1.29, 1.82) is 0 Å². The average molecular weight is 682 g/mol. The van der Waals surface area contributed by atoms with Crippen LogP contribution in [0.3, 0.4) is 0 Å². The number of fused-ring (bicyclic) bond motifs is 16. The highest BCUT2D eigenvalue weighted by atomic mass is 16.5. The molecule has 0 fully saturated rings. The molecule has 1 aliphatic heterocycles. The molecule has 3 aromatic heterocycles. The normalized spacial score (nSPS) is 20.9. The first-order valence-corrected chi connectivity index (χ1v) is 18.2. The number of hydrogen-bond donors (Lipinski definition) is 0.